The van der Waals surface area contributed by atoms with Crippen LogP contribution in [0.4, 0.5) is 0 Å². The molecule has 1 unspecified atom stereocenters. The third kappa shape index (κ3) is 3.22. The molecule has 1 aromatic heterocycles. The van der Waals surface area contributed by atoms with Gasteiger partial charge in [0.15, 0.2) is 0 Å². The number of rotatable bonds is 7. The molecule has 1 aromatic rings. The molecule has 0 amide bonds. The molecule has 1 aliphatic rings. The Labute approximate surface area is 123 Å². The van der Waals surface area contributed by atoms with Crippen LogP contribution in [0.3, 0.4) is 0 Å². The largest absolute Gasteiger partial charge is 0.308 e. The van der Waals surface area contributed by atoms with Crippen molar-refractivity contribution in [1.82, 2.24) is 20.3 Å². The number of hydrogen-bond donors (Lipinski definition) is 1. The van der Waals surface area contributed by atoms with E-state index in [0.29, 0.717) is 11.5 Å². The maximum absolute atomic E-state index is 4.15. The van der Waals surface area contributed by atoms with E-state index in [1.807, 2.05) is 17.9 Å². The lowest BCUT2D eigenvalue weighted by Gasteiger charge is -2.39. The van der Waals surface area contributed by atoms with Crippen molar-refractivity contribution in [3.8, 4) is 0 Å². The Hall–Kier alpha value is -0.900. The molecule has 0 spiro atoms. The summed E-state index contributed by atoms with van der Waals surface area (Å²) in [4.78, 5) is 0. The van der Waals surface area contributed by atoms with Crippen LogP contribution in [0.25, 0.3) is 0 Å². The molecule has 20 heavy (non-hydrogen) atoms. The SMILES string of the molecule is CCCNC(c1cnnn1C)C1(CC(C)C)CCCC1. The summed E-state index contributed by atoms with van der Waals surface area (Å²) in [5, 5.41) is 12.1. The van der Waals surface area contributed by atoms with Gasteiger partial charge >= 0.3 is 0 Å². The molecule has 1 N–H and O–H groups in total. The second-order valence-electron chi connectivity index (χ2n) is 6.84. The molecule has 1 saturated carbocycles. The third-order valence-electron chi connectivity index (χ3n) is 4.67. The molecule has 114 valence electrons. The average molecular weight is 278 g/mol. The molecular formula is C16H30N4. The summed E-state index contributed by atoms with van der Waals surface area (Å²) in [6, 6.07) is 0.396. The molecule has 4 heteroatoms. The second kappa shape index (κ2) is 6.70. The maximum Gasteiger partial charge on any atom is 0.0758 e. The van der Waals surface area contributed by atoms with E-state index < -0.39 is 0 Å². The zero-order valence-corrected chi connectivity index (χ0v) is 13.5. The van der Waals surface area contributed by atoms with Crippen molar-refractivity contribution in [3.63, 3.8) is 0 Å². The standard InChI is InChI=1S/C16H30N4/c1-5-10-17-15(14-12-18-19-20(14)4)16(11-13(2)3)8-6-7-9-16/h12-13,15,17H,5-11H2,1-4H3. The summed E-state index contributed by atoms with van der Waals surface area (Å²) in [6.45, 7) is 7.99. The van der Waals surface area contributed by atoms with Gasteiger partial charge in [-0.2, -0.15) is 0 Å². The first-order valence-corrected chi connectivity index (χ1v) is 8.17. The lowest BCUT2D eigenvalue weighted by Crippen LogP contribution is -2.39. The van der Waals surface area contributed by atoms with Gasteiger partial charge in [-0.3, -0.25) is 4.68 Å². The zero-order chi connectivity index (χ0) is 14.6. The normalized spacial score (nSPS) is 19.6. The van der Waals surface area contributed by atoms with Crippen LogP contribution < -0.4 is 5.32 Å². The Morgan fingerprint density at radius 3 is 2.55 bits per heavy atom. The average Bonchev–Trinajstić information content (AvgIpc) is 3.00. The Bertz CT molecular complexity index is 404. The minimum absolute atomic E-state index is 0.388. The maximum atomic E-state index is 4.15. The number of aromatic nitrogens is 3. The van der Waals surface area contributed by atoms with E-state index in [-0.39, 0.29) is 0 Å². The first kappa shape index (κ1) is 15.5. The van der Waals surface area contributed by atoms with Crippen LogP contribution in [0.5, 0.6) is 0 Å². The van der Waals surface area contributed by atoms with E-state index in [1.54, 1.807) is 0 Å². The smallest absolute Gasteiger partial charge is 0.0758 e. The van der Waals surface area contributed by atoms with Gasteiger partial charge in [0.25, 0.3) is 0 Å². The molecule has 1 atom stereocenters. The van der Waals surface area contributed by atoms with Gasteiger partial charge < -0.3 is 5.32 Å². The molecule has 0 bridgehead atoms. The van der Waals surface area contributed by atoms with Crippen LogP contribution in [-0.4, -0.2) is 21.5 Å². The van der Waals surface area contributed by atoms with Gasteiger partial charge in [0.2, 0.25) is 0 Å². The van der Waals surface area contributed by atoms with Crippen LogP contribution >= 0.6 is 0 Å². The summed E-state index contributed by atoms with van der Waals surface area (Å²) in [5.41, 5.74) is 1.64. The highest BCUT2D eigenvalue weighted by atomic mass is 15.4. The predicted molar refractivity (Wildman–Crippen MR) is 82.4 cm³/mol. The summed E-state index contributed by atoms with van der Waals surface area (Å²) in [7, 11) is 2.01. The van der Waals surface area contributed by atoms with Crippen molar-refractivity contribution in [2.24, 2.45) is 18.4 Å². The van der Waals surface area contributed by atoms with Gasteiger partial charge in [0.1, 0.15) is 0 Å². The van der Waals surface area contributed by atoms with Gasteiger partial charge in [-0.25, -0.2) is 0 Å². The Kier molecular flexibility index (Phi) is 5.19. The van der Waals surface area contributed by atoms with E-state index >= 15 is 0 Å². The number of hydrogen-bond acceptors (Lipinski definition) is 3. The summed E-state index contributed by atoms with van der Waals surface area (Å²) >= 11 is 0. The van der Waals surface area contributed by atoms with Crippen LogP contribution in [0, 0.1) is 11.3 Å². The molecule has 0 aromatic carbocycles. The quantitative estimate of drug-likeness (QED) is 0.830. The summed E-state index contributed by atoms with van der Waals surface area (Å²) in [5.74, 6) is 0.736. The summed E-state index contributed by atoms with van der Waals surface area (Å²) in [6.07, 6.45) is 9.80. The number of nitrogens with zero attached hydrogens (tertiary/aromatic N) is 3. The summed E-state index contributed by atoms with van der Waals surface area (Å²) < 4.78 is 1.95. The van der Waals surface area contributed by atoms with E-state index in [0.717, 1.165) is 12.5 Å². The molecule has 1 heterocycles. The third-order valence-corrected chi connectivity index (χ3v) is 4.67. The fourth-order valence-corrected chi connectivity index (χ4v) is 3.99. The van der Waals surface area contributed by atoms with Crippen molar-refractivity contribution in [2.45, 2.75) is 65.3 Å². The van der Waals surface area contributed by atoms with Crippen LogP contribution in [0.15, 0.2) is 6.20 Å². The number of nitrogens with one attached hydrogen (secondary N) is 1. The van der Waals surface area contributed by atoms with Crippen molar-refractivity contribution in [1.29, 1.82) is 0 Å². The molecule has 0 aliphatic heterocycles. The van der Waals surface area contributed by atoms with Gasteiger partial charge in [0.05, 0.1) is 17.9 Å². The van der Waals surface area contributed by atoms with Crippen LogP contribution in [-0.2, 0) is 7.05 Å². The fourth-order valence-electron chi connectivity index (χ4n) is 3.99. The lowest BCUT2D eigenvalue weighted by molar-refractivity contribution is 0.149. The van der Waals surface area contributed by atoms with Gasteiger partial charge in [-0.05, 0) is 43.6 Å². The first-order chi connectivity index (χ1) is 9.59. The van der Waals surface area contributed by atoms with Crippen molar-refractivity contribution >= 4 is 0 Å². The second-order valence-corrected chi connectivity index (χ2v) is 6.84. The fraction of sp³-hybridized carbons (Fsp3) is 0.875. The monoisotopic (exact) mass is 278 g/mol. The lowest BCUT2D eigenvalue weighted by atomic mass is 9.71. The molecule has 2 rings (SSSR count). The van der Waals surface area contributed by atoms with E-state index in [9.17, 15) is 0 Å². The predicted octanol–water partition coefficient (Wildman–Crippen LogP) is 3.46. The Morgan fingerprint density at radius 2 is 2.05 bits per heavy atom. The van der Waals surface area contributed by atoms with Gasteiger partial charge in [-0.15, -0.1) is 5.10 Å². The molecule has 1 fully saturated rings. The molecule has 1 aliphatic carbocycles. The molecule has 0 saturated heterocycles. The van der Waals surface area contributed by atoms with E-state index in [4.69, 9.17) is 0 Å². The van der Waals surface area contributed by atoms with Gasteiger partial charge in [-0.1, -0.05) is 38.8 Å². The Morgan fingerprint density at radius 1 is 1.35 bits per heavy atom. The highest BCUT2D eigenvalue weighted by Gasteiger charge is 2.43. The minimum atomic E-state index is 0.388. The van der Waals surface area contributed by atoms with Crippen molar-refractivity contribution in [3.05, 3.63) is 11.9 Å². The molecule has 0 radical (unpaired) electrons. The minimum Gasteiger partial charge on any atom is -0.308 e. The Balaban J connectivity index is 2.29. The van der Waals surface area contributed by atoms with Gasteiger partial charge in [0, 0.05) is 7.05 Å². The van der Waals surface area contributed by atoms with Crippen LogP contribution in [0.2, 0.25) is 0 Å². The highest BCUT2D eigenvalue weighted by Crippen LogP contribution is 2.51. The molecule has 4 nitrogen and oxygen atoms in total. The first-order valence-electron chi connectivity index (χ1n) is 8.17. The van der Waals surface area contributed by atoms with Crippen molar-refractivity contribution < 1.29 is 0 Å². The highest BCUT2D eigenvalue weighted by molar-refractivity contribution is 5.10. The van der Waals surface area contributed by atoms with Crippen LogP contribution in [0.1, 0.15) is 71.0 Å². The van der Waals surface area contributed by atoms with Crippen molar-refractivity contribution in [2.75, 3.05) is 6.54 Å². The zero-order valence-electron chi connectivity index (χ0n) is 13.5. The number of aryl methyl sites for hydroxylation is 1. The molecular weight excluding hydrogens is 248 g/mol. The van der Waals surface area contributed by atoms with E-state index in [2.05, 4.69) is 36.4 Å². The van der Waals surface area contributed by atoms with E-state index in [1.165, 1.54) is 44.2 Å². The topological polar surface area (TPSA) is 42.7 Å².